The third kappa shape index (κ3) is 2.37. The molecule has 0 saturated carbocycles. The van der Waals surface area contributed by atoms with E-state index in [1.165, 1.54) is 0 Å². The molecule has 2 aromatic rings. The molecule has 0 amide bonds. The van der Waals surface area contributed by atoms with E-state index < -0.39 is 0 Å². The monoisotopic (exact) mass is 206 g/mol. The van der Waals surface area contributed by atoms with Crippen LogP contribution >= 0.6 is 0 Å². The minimum absolute atomic E-state index is 0.264. The van der Waals surface area contributed by atoms with Gasteiger partial charge in [-0.15, -0.1) is 5.10 Å². The van der Waals surface area contributed by atoms with E-state index in [1.54, 1.807) is 0 Å². The fourth-order valence-electron chi connectivity index (χ4n) is 1.19. The summed E-state index contributed by atoms with van der Waals surface area (Å²) < 4.78 is 5.40. The summed E-state index contributed by atoms with van der Waals surface area (Å²) >= 11 is 0. The van der Waals surface area contributed by atoms with Gasteiger partial charge in [0.05, 0.1) is 0 Å². The second kappa shape index (κ2) is 4.16. The fraction of sp³-hybridized carbons (Fsp3) is 0.400. The molecule has 2 rings (SSSR count). The zero-order valence-corrected chi connectivity index (χ0v) is 8.82. The Kier molecular flexibility index (Phi) is 2.71. The Morgan fingerprint density at radius 3 is 2.93 bits per heavy atom. The lowest BCUT2D eigenvalue weighted by atomic mass is 10.2. The van der Waals surface area contributed by atoms with Gasteiger partial charge >= 0.3 is 6.01 Å². The molecule has 5 heteroatoms. The van der Waals surface area contributed by atoms with E-state index in [9.17, 15) is 0 Å². The topological polar surface area (TPSA) is 66.7 Å². The molecule has 5 nitrogen and oxygen atoms in total. The van der Waals surface area contributed by atoms with Gasteiger partial charge in [0.2, 0.25) is 5.89 Å². The lowest BCUT2D eigenvalue weighted by molar-refractivity contribution is 0.480. The van der Waals surface area contributed by atoms with Crippen molar-refractivity contribution in [3.05, 3.63) is 29.9 Å². The maximum absolute atomic E-state index is 5.40. The van der Waals surface area contributed by atoms with Crippen molar-refractivity contribution in [2.45, 2.75) is 26.3 Å². The van der Waals surface area contributed by atoms with Crippen LogP contribution in [0, 0.1) is 0 Å². The van der Waals surface area contributed by atoms with Gasteiger partial charge in [-0.3, -0.25) is 0 Å². The molecule has 2 heterocycles. The number of nitrogens with zero attached hydrogens (tertiary/aromatic N) is 2. The van der Waals surface area contributed by atoms with E-state index in [0.717, 1.165) is 5.56 Å². The van der Waals surface area contributed by atoms with Gasteiger partial charge in [0.1, 0.15) is 0 Å². The Morgan fingerprint density at radius 2 is 2.33 bits per heavy atom. The Labute approximate surface area is 87.9 Å². The minimum atomic E-state index is 0.264. The van der Waals surface area contributed by atoms with Crippen molar-refractivity contribution >= 4 is 6.01 Å². The maximum Gasteiger partial charge on any atom is 0.315 e. The van der Waals surface area contributed by atoms with Crippen LogP contribution in [0.5, 0.6) is 0 Å². The van der Waals surface area contributed by atoms with Crippen molar-refractivity contribution in [3.8, 4) is 0 Å². The zero-order valence-electron chi connectivity index (χ0n) is 8.82. The molecule has 0 saturated heterocycles. The molecule has 0 aliphatic heterocycles. The number of aromatic nitrogens is 3. The van der Waals surface area contributed by atoms with Crippen LogP contribution in [0.2, 0.25) is 0 Å². The molecule has 15 heavy (non-hydrogen) atoms. The van der Waals surface area contributed by atoms with Crippen LogP contribution in [0.3, 0.4) is 0 Å². The van der Waals surface area contributed by atoms with Gasteiger partial charge in [-0.25, -0.2) is 0 Å². The van der Waals surface area contributed by atoms with Gasteiger partial charge in [0, 0.05) is 24.9 Å². The highest BCUT2D eigenvalue weighted by atomic mass is 16.4. The standard InChI is InChI=1S/C10H14N4O/c1-7(2)9-13-14-10(15-9)12-6-8-3-4-11-5-8/h3-5,7,11H,6H2,1-2H3,(H,12,14). The summed E-state index contributed by atoms with van der Waals surface area (Å²) in [5, 5.41) is 10.9. The molecule has 0 spiro atoms. The fourth-order valence-corrected chi connectivity index (χ4v) is 1.19. The predicted molar refractivity (Wildman–Crippen MR) is 56.5 cm³/mol. The molecule has 0 bridgehead atoms. The second-order valence-corrected chi connectivity index (χ2v) is 3.67. The van der Waals surface area contributed by atoms with Crippen LogP contribution in [0.1, 0.15) is 31.2 Å². The lowest BCUT2D eigenvalue weighted by Crippen LogP contribution is -1.97. The molecule has 0 unspecified atom stereocenters. The Balaban J connectivity index is 1.94. The molecular formula is C10H14N4O. The summed E-state index contributed by atoms with van der Waals surface area (Å²) in [5.74, 6) is 0.923. The minimum Gasteiger partial charge on any atom is -0.408 e. The van der Waals surface area contributed by atoms with Gasteiger partial charge in [-0.2, -0.15) is 0 Å². The molecule has 0 fully saturated rings. The number of aromatic amines is 1. The summed E-state index contributed by atoms with van der Waals surface area (Å²) in [5.41, 5.74) is 1.15. The highest BCUT2D eigenvalue weighted by Crippen LogP contribution is 2.15. The summed E-state index contributed by atoms with van der Waals surface area (Å²) in [6.07, 6.45) is 3.80. The summed E-state index contributed by atoms with van der Waals surface area (Å²) in [6.45, 7) is 4.72. The van der Waals surface area contributed by atoms with Gasteiger partial charge in [-0.1, -0.05) is 18.9 Å². The highest BCUT2D eigenvalue weighted by Gasteiger charge is 2.08. The van der Waals surface area contributed by atoms with Crippen LogP contribution < -0.4 is 5.32 Å². The van der Waals surface area contributed by atoms with Crippen LogP contribution in [-0.4, -0.2) is 15.2 Å². The van der Waals surface area contributed by atoms with E-state index in [1.807, 2.05) is 32.3 Å². The molecule has 0 aliphatic rings. The largest absolute Gasteiger partial charge is 0.408 e. The molecule has 2 N–H and O–H groups in total. The Hall–Kier alpha value is -1.78. The maximum atomic E-state index is 5.40. The van der Waals surface area contributed by atoms with Crippen molar-refractivity contribution in [1.82, 2.24) is 15.2 Å². The van der Waals surface area contributed by atoms with Crippen LogP contribution in [0.25, 0.3) is 0 Å². The first-order valence-corrected chi connectivity index (χ1v) is 4.94. The van der Waals surface area contributed by atoms with Crippen molar-refractivity contribution in [1.29, 1.82) is 0 Å². The first kappa shape index (κ1) is 9.76. The average Bonchev–Trinajstić information content (AvgIpc) is 2.86. The van der Waals surface area contributed by atoms with Gasteiger partial charge < -0.3 is 14.7 Å². The first-order chi connectivity index (χ1) is 7.25. The van der Waals surface area contributed by atoms with Crippen LogP contribution in [0.4, 0.5) is 6.01 Å². The zero-order chi connectivity index (χ0) is 10.7. The summed E-state index contributed by atoms with van der Waals surface area (Å²) in [4.78, 5) is 2.98. The third-order valence-electron chi connectivity index (χ3n) is 2.04. The van der Waals surface area contributed by atoms with Crippen molar-refractivity contribution < 1.29 is 4.42 Å². The molecule has 80 valence electrons. The number of anilines is 1. The molecule has 0 aliphatic carbocycles. The van der Waals surface area contributed by atoms with Crippen LogP contribution in [0.15, 0.2) is 22.9 Å². The summed E-state index contributed by atoms with van der Waals surface area (Å²) in [7, 11) is 0. The predicted octanol–water partition coefficient (Wildman–Crippen LogP) is 2.13. The van der Waals surface area contributed by atoms with E-state index >= 15 is 0 Å². The average molecular weight is 206 g/mol. The number of hydrogen-bond donors (Lipinski definition) is 2. The molecule has 0 aromatic carbocycles. The SMILES string of the molecule is CC(C)c1nnc(NCc2cc[nH]c2)o1. The Morgan fingerprint density at radius 1 is 1.47 bits per heavy atom. The molecule has 0 atom stereocenters. The quantitative estimate of drug-likeness (QED) is 0.804. The highest BCUT2D eigenvalue weighted by molar-refractivity contribution is 5.21. The van der Waals surface area contributed by atoms with E-state index in [4.69, 9.17) is 4.42 Å². The summed E-state index contributed by atoms with van der Waals surface area (Å²) in [6, 6.07) is 2.46. The van der Waals surface area contributed by atoms with Gasteiger partial charge in [0.25, 0.3) is 0 Å². The van der Waals surface area contributed by atoms with Gasteiger partial charge in [-0.05, 0) is 11.6 Å². The molecular weight excluding hydrogens is 192 g/mol. The second-order valence-electron chi connectivity index (χ2n) is 3.67. The molecule has 0 radical (unpaired) electrons. The smallest absolute Gasteiger partial charge is 0.315 e. The van der Waals surface area contributed by atoms with E-state index in [-0.39, 0.29) is 5.92 Å². The van der Waals surface area contributed by atoms with Crippen molar-refractivity contribution in [2.75, 3.05) is 5.32 Å². The Bertz CT molecular complexity index is 405. The van der Waals surface area contributed by atoms with E-state index in [0.29, 0.717) is 18.5 Å². The number of hydrogen-bond acceptors (Lipinski definition) is 4. The van der Waals surface area contributed by atoms with Gasteiger partial charge in [0.15, 0.2) is 0 Å². The molecule has 2 aromatic heterocycles. The normalized spacial score (nSPS) is 10.9. The first-order valence-electron chi connectivity index (χ1n) is 4.94. The number of H-pyrrole nitrogens is 1. The van der Waals surface area contributed by atoms with Crippen molar-refractivity contribution in [3.63, 3.8) is 0 Å². The van der Waals surface area contributed by atoms with Crippen LogP contribution in [-0.2, 0) is 6.54 Å². The van der Waals surface area contributed by atoms with E-state index in [2.05, 4.69) is 20.5 Å². The van der Waals surface area contributed by atoms with Crippen molar-refractivity contribution in [2.24, 2.45) is 0 Å². The number of nitrogens with one attached hydrogen (secondary N) is 2. The lowest BCUT2D eigenvalue weighted by Gasteiger charge is -1.98. The third-order valence-corrected chi connectivity index (χ3v) is 2.04. The number of rotatable bonds is 4.